The predicted octanol–water partition coefficient (Wildman–Crippen LogP) is 4.12. The van der Waals surface area contributed by atoms with Crippen LogP contribution in [-0.2, 0) is 0 Å². The third-order valence-electron chi connectivity index (χ3n) is 2.55. The fourth-order valence-electron chi connectivity index (χ4n) is 1.60. The van der Waals surface area contributed by atoms with E-state index >= 15 is 0 Å². The first kappa shape index (κ1) is 16.9. The Morgan fingerprint density at radius 2 is 1.60 bits per heavy atom. The lowest BCUT2D eigenvalue weighted by atomic mass is 9.94. The number of hydrogen-bond acceptors (Lipinski definition) is 2. The summed E-state index contributed by atoms with van der Waals surface area (Å²) in [5.41, 5.74) is -0.674. The Kier molecular flexibility index (Phi) is 4.81. The fourth-order valence-corrected chi connectivity index (χ4v) is 1.88. The molecule has 0 bridgehead atoms. The lowest BCUT2D eigenvalue weighted by Crippen LogP contribution is -2.41. The maximum absolute atomic E-state index is 12.5. The van der Waals surface area contributed by atoms with Crippen molar-refractivity contribution >= 4 is 11.6 Å². The van der Waals surface area contributed by atoms with Gasteiger partial charge >= 0.3 is 12.4 Å². The lowest BCUT2D eigenvalue weighted by molar-refractivity contribution is -0.307. The van der Waals surface area contributed by atoms with E-state index in [1.54, 1.807) is 0 Å². The van der Waals surface area contributed by atoms with Crippen molar-refractivity contribution in [1.29, 1.82) is 0 Å². The van der Waals surface area contributed by atoms with E-state index < -0.39 is 35.0 Å². The topological polar surface area (TPSA) is 29.5 Å². The summed E-state index contributed by atoms with van der Waals surface area (Å²) in [6.45, 7) is 0. The van der Waals surface area contributed by atoms with Gasteiger partial charge in [-0.1, -0.05) is 17.7 Å². The van der Waals surface area contributed by atoms with Crippen molar-refractivity contribution in [3.05, 3.63) is 28.8 Å². The van der Waals surface area contributed by atoms with E-state index in [1.807, 2.05) is 0 Å². The Morgan fingerprint density at radius 3 is 1.95 bits per heavy atom. The predicted molar refractivity (Wildman–Crippen MR) is 58.6 cm³/mol. The minimum absolute atomic E-state index is 0.140. The zero-order valence-corrected chi connectivity index (χ0v) is 10.6. The van der Waals surface area contributed by atoms with Gasteiger partial charge in [-0.15, -0.1) is 0 Å². The van der Waals surface area contributed by atoms with Crippen LogP contribution in [0.2, 0.25) is 5.02 Å². The standard InChI is InChI=1S/C11H9ClF6O2/c1-20-5-2-3-6(7(12)4-5)8(19)9(10(13,14)15)11(16,17)18/h2-4,8-9,19H,1H3. The normalized spacial score (nSPS) is 14.5. The molecule has 2 nitrogen and oxygen atoms in total. The highest BCUT2D eigenvalue weighted by atomic mass is 35.5. The SMILES string of the molecule is COc1ccc(C(O)C(C(F)(F)F)C(F)(F)F)c(Cl)c1. The molecular formula is C11H9ClF6O2. The van der Waals surface area contributed by atoms with Gasteiger partial charge in [-0.05, 0) is 12.1 Å². The van der Waals surface area contributed by atoms with Gasteiger partial charge < -0.3 is 9.84 Å². The second-order valence-corrected chi connectivity index (χ2v) is 4.30. The summed E-state index contributed by atoms with van der Waals surface area (Å²) in [6, 6.07) is 2.98. The van der Waals surface area contributed by atoms with Gasteiger partial charge in [0.25, 0.3) is 0 Å². The zero-order chi connectivity index (χ0) is 15.7. The molecule has 0 aliphatic carbocycles. The maximum Gasteiger partial charge on any atom is 0.403 e. The number of aliphatic hydroxyl groups is 1. The lowest BCUT2D eigenvalue weighted by Gasteiger charge is -2.28. The largest absolute Gasteiger partial charge is 0.497 e. The molecule has 1 atom stereocenters. The number of aliphatic hydroxyl groups excluding tert-OH is 1. The monoisotopic (exact) mass is 322 g/mol. The molecule has 0 radical (unpaired) electrons. The van der Waals surface area contributed by atoms with E-state index in [1.165, 1.54) is 7.11 Å². The summed E-state index contributed by atoms with van der Waals surface area (Å²) in [4.78, 5) is 0. The van der Waals surface area contributed by atoms with Crippen LogP contribution >= 0.6 is 11.6 Å². The molecule has 0 fully saturated rings. The van der Waals surface area contributed by atoms with Crippen molar-refractivity contribution in [1.82, 2.24) is 0 Å². The number of ether oxygens (including phenoxy) is 1. The molecule has 0 aliphatic rings. The van der Waals surface area contributed by atoms with Crippen molar-refractivity contribution in [2.75, 3.05) is 7.11 Å². The zero-order valence-electron chi connectivity index (χ0n) is 9.89. The Balaban J connectivity index is 3.23. The van der Waals surface area contributed by atoms with Gasteiger partial charge in [-0.2, -0.15) is 26.3 Å². The van der Waals surface area contributed by atoms with Crippen LogP contribution < -0.4 is 4.74 Å². The summed E-state index contributed by atoms with van der Waals surface area (Å²) in [6.07, 6.45) is -14.2. The second-order valence-electron chi connectivity index (χ2n) is 3.89. The van der Waals surface area contributed by atoms with Crippen LogP contribution in [0.4, 0.5) is 26.3 Å². The first-order valence-electron chi connectivity index (χ1n) is 5.13. The van der Waals surface area contributed by atoms with Gasteiger partial charge in [0, 0.05) is 5.56 Å². The Bertz CT molecular complexity index is 457. The molecular weight excluding hydrogens is 314 g/mol. The molecule has 0 spiro atoms. The van der Waals surface area contributed by atoms with Crippen LogP contribution in [0.15, 0.2) is 18.2 Å². The van der Waals surface area contributed by atoms with E-state index in [9.17, 15) is 31.4 Å². The molecule has 1 rings (SSSR count). The van der Waals surface area contributed by atoms with Crippen LogP contribution in [0.1, 0.15) is 11.7 Å². The summed E-state index contributed by atoms with van der Waals surface area (Å²) < 4.78 is 79.6. The van der Waals surface area contributed by atoms with Gasteiger partial charge in [-0.3, -0.25) is 0 Å². The number of alkyl halides is 6. The highest BCUT2D eigenvalue weighted by Crippen LogP contribution is 2.47. The Hall–Kier alpha value is -1.15. The minimum Gasteiger partial charge on any atom is -0.497 e. The average Bonchev–Trinajstić information content (AvgIpc) is 2.24. The number of hydrogen-bond donors (Lipinski definition) is 1. The van der Waals surface area contributed by atoms with Crippen molar-refractivity contribution in [2.45, 2.75) is 18.5 Å². The van der Waals surface area contributed by atoms with Crippen LogP contribution in [0.5, 0.6) is 5.75 Å². The first-order chi connectivity index (χ1) is 8.98. The summed E-state index contributed by atoms with van der Waals surface area (Å²) in [5.74, 6) is -3.78. The van der Waals surface area contributed by atoms with Crippen molar-refractivity contribution in [3.63, 3.8) is 0 Å². The molecule has 0 amide bonds. The Labute approximate surface area is 114 Å². The van der Waals surface area contributed by atoms with Crippen LogP contribution in [-0.4, -0.2) is 24.6 Å². The van der Waals surface area contributed by atoms with Gasteiger partial charge in [0.05, 0.1) is 12.1 Å². The van der Waals surface area contributed by atoms with Gasteiger partial charge in [0.15, 0.2) is 5.92 Å². The summed E-state index contributed by atoms with van der Waals surface area (Å²) >= 11 is 5.57. The molecule has 1 unspecified atom stereocenters. The molecule has 114 valence electrons. The van der Waals surface area contributed by atoms with Gasteiger partial charge in [0.2, 0.25) is 0 Å². The summed E-state index contributed by atoms with van der Waals surface area (Å²) in [7, 11) is 1.25. The third-order valence-corrected chi connectivity index (χ3v) is 2.87. The molecule has 9 heteroatoms. The highest BCUT2D eigenvalue weighted by molar-refractivity contribution is 6.31. The van der Waals surface area contributed by atoms with Crippen molar-refractivity contribution in [2.24, 2.45) is 5.92 Å². The molecule has 1 aromatic rings. The quantitative estimate of drug-likeness (QED) is 0.848. The van der Waals surface area contributed by atoms with Crippen LogP contribution in [0.25, 0.3) is 0 Å². The van der Waals surface area contributed by atoms with E-state index in [4.69, 9.17) is 16.3 Å². The van der Waals surface area contributed by atoms with Crippen LogP contribution in [0, 0.1) is 5.92 Å². The Morgan fingerprint density at radius 1 is 1.10 bits per heavy atom. The molecule has 1 N–H and O–H groups in total. The number of rotatable bonds is 3. The van der Waals surface area contributed by atoms with Gasteiger partial charge in [0.1, 0.15) is 11.9 Å². The molecule has 0 aliphatic heterocycles. The van der Waals surface area contributed by atoms with Crippen molar-refractivity contribution < 1.29 is 36.2 Å². The molecule has 0 saturated carbocycles. The van der Waals surface area contributed by atoms with Gasteiger partial charge in [-0.25, -0.2) is 0 Å². The molecule has 0 heterocycles. The van der Waals surface area contributed by atoms with E-state index in [0.717, 1.165) is 18.2 Å². The smallest absolute Gasteiger partial charge is 0.403 e. The molecule has 20 heavy (non-hydrogen) atoms. The number of benzene rings is 1. The third kappa shape index (κ3) is 3.69. The van der Waals surface area contributed by atoms with E-state index in [0.29, 0.717) is 0 Å². The molecule has 0 aromatic heterocycles. The van der Waals surface area contributed by atoms with E-state index in [2.05, 4.69) is 0 Å². The van der Waals surface area contributed by atoms with Crippen LogP contribution in [0.3, 0.4) is 0 Å². The number of methoxy groups -OCH3 is 1. The van der Waals surface area contributed by atoms with Crippen molar-refractivity contribution in [3.8, 4) is 5.75 Å². The molecule has 1 aromatic carbocycles. The molecule has 0 saturated heterocycles. The number of halogens is 7. The van der Waals surface area contributed by atoms with E-state index in [-0.39, 0.29) is 5.75 Å². The summed E-state index contributed by atoms with van der Waals surface area (Å²) in [5, 5.41) is 8.98. The fraction of sp³-hybridized carbons (Fsp3) is 0.455. The second kappa shape index (κ2) is 5.69. The minimum atomic E-state index is -5.65. The maximum atomic E-state index is 12.5. The average molecular weight is 323 g/mol. The first-order valence-corrected chi connectivity index (χ1v) is 5.51. The highest BCUT2D eigenvalue weighted by Gasteiger charge is 2.60.